The number of rotatable bonds is 7. The van der Waals surface area contributed by atoms with Crippen molar-refractivity contribution in [2.45, 2.75) is 19.1 Å². The molecule has 0 unspecified atom stereocenters. The number of likely N-dealkylation sites (N-methyl/N-ethyl adjacent to an activating group) is 1. The zero-order chi connectivity index (χ0) is 27.8. The average molecular weight is 561 g/mol. The van der Waals surface area contributed by atoms with Gasteiger partial charge in [0.25, 0.3) is 0 Å². The summed E-state index contributed by atoms with van der Waals surface area (Å²) >= 11 is 0. The van der Waals surface area contributed by atoms with Crippen molar-refractivity contribution in [1.29, 1.82) is 0 Å². The van der Waals surface area contributed by atoms with E-state index >= 15 is 0 Å². The second kappa shape index (κ2) is 10.8. The summed E-state index contributed by atoms with van der Waals surface area (Å²) in [6.07, 6.45) is -3.17. The normalized spacial score (nSPS) is 16.6. The van der Waals surface area contributed by atoms with E-state index in [4.69, 9.17) is 4.74 Å². The van der Waals surface area contributed by atoms with E-state index in [2.05, 4.69) is 37.4 Å². The minimum Gasteiger partial charge on any atom is -0.491 e. The van der Waals surface area contributed by atoms with Crippen molar-refractivity contribution < 1.29 is 22.5 Å². The molecule has 1 fully saturated rings. The van der Waals surface area contributed by atoms with Crippen LogP contribution in [0.5, 0.6) is 5.75 Å². The molecule has 0 atom stereocenters. The fraction of sp³-hybridized carbons (Fsp3) is 0.407. The molecule has 208 valence electrons. The summed E-state index contributed by atoms with van der Waals surface area (Å²) < 4.78 is 60.3. The van der Waals surface area contributed by atoms with Gasteiger partial charge in [-0.1, -0.05) is 18.2 Å². The molecular formula is C27H32F3N6O2P. The molecule has 3 aromatic rings. The minimum atomic E-state index is -4.69. The first-order chi connectivity index (χ1) is 18.5. The Balaban J connectivity index is 1.43. The van der Waals surface area contributed by atoms with Gasteiger partial charge in [-0.2, -0.15) is 18.2 Å². The fourth-order valence-electron chi connectivity index (χ4n) is 4.90. The smallest absolute Gasteiger partial charge is 0.421 e. The van der Waals surface area contributed by atoms with Gasteiger partial charge in [-0.3, -0.25) is 4.90 Å². The number of alkyl halides is 3. The summed E-state index contributed by atoms with van der Waals surface area (Å²) in [5.74, 6) is 0.247. The Labute approximate surface area is 226 Å². The van der Waals surface area contributed by atoms with Crippen molar-refractivity contribution in [1.82, 2.24) is 19.8 Å². The Morgan fingerprint density at radius 1 is 1.03 bits per heavy atom. The molecule has 2 aliphatic rings. The molecule has 2 aromatic carbocycles. The standard InChI is InChI=1S/C27H32F3N6O2P/c1-35-11-13-36(14-12-35)17-18-8-9-22(24-19(18)10-15-38-24)33-26-31-16-20(27(28,29)30)25(34-26)32-21-6-4-5-7-23(21)39(2,3)37/h4-9,16H,10-15,17H2,1-3H3,(H2,31,32,33,34). The maximum absolute atomic E-state index is 13.9. The molecule has 8 nitrogen and oxygen atoms in total. The molecule has 2 N–H and O–H groups in total. The van der Waals surface area contributed by atoms with Crippen LogP contribution in [-0.4, -0.2) is 72.9 Å². The van der Waals surface area contributed by atoms with Crippen molar-refractivity contribution in [3.63, 3.8) is 0 Å². The molecule has 1 aromatic heterocycles. The van der Waals surface area contributed by atoms with Gasteiger partial charge in [-0.25, -0.2) is 4.98 Å². The van der Waals surface area contributed by atoms with E-state index < -0.39 is 24.7 Å². The van der Waals surface area contributed by atoms with Gasteiger partial charge >= 0.3 is 6.18 Å². The number of anilines is 4. The Kier molecular flexibility index (Phi) is 7.59. The van der Waals surface area contributed by atoms with Crippen LogP contribution >= 0.6 is 7.14 Å². The van der Waals surface area contributed by atoms with E-state index in [1.165, 1.54) is 5.56 Å². The number of ether oxygens (including phenoxy) is 1. The van der Waals surface area contributed by atoms with E-state index in [0.29, 0.717) is 29.0 Å². The summed E-state index contributed by atoms with van der Waals surface area (Å²) in [4.78, 5) is 12.9. The third kappa shape index (κ3) is 6.21. The lowest BCUT2D eigenvalue weighted by atomic mass is 10.0. The molecule has 39 heavy (non-hydrogen) atoms. The number of benzene rings is 2. The molecule has 2 aliphatic heterocycles. The zero-order valence-electron chi connectivity index (χ0n) is 22.2. The Bertz CT molecular complexity index is 1400. The molecule has 5 rings (SSSR count). The molecule has 0 bridgehead atoms. The van der Waals surface area contributed by atoms with Crippen molar-refractivity contribution in [3.8, 4) is 5.75 Å². The molecule has 12 heteroatoms. The van der Waals surface area contributed by atoms with E-state index in [1.54, 1.807) is 37.6 Å². The van der Waals surface area contributed by atoms with Gasteiger partial charge in [0.15, 0.2) is 0 Å². The summed E-state index contributed by atoms with van der Waals surface area (Å²) in [6.45, 7) is 8.54. The lowest BCUT2D eigenvalue weighted by molar-refractivity contribution is -0.137. The topological polar surface area (TPSA) is 82.6 Å². The number of nitrogens with zero attached hydrogens (tertiary/aromatic N) is 4. The highest BCUT2D eigenvalue weighted by Gasteiger charge is 2.36. The van der Waals surface area contributed by atoms with Crippen LogP contribution in [0.3, 0.4) is 0 Å². The number of hydrogen-bond acceptors (Lipinski definition) is 8. The highest BCUT2D eigenvalue weighted by atomic mass is 31.2. The largest absolute Gasteiger partial charge is 0.491 e. The van der Waals surface area contributed by atoms with E-state index in [-0.39, 0.29) is 5.95 Å². The van der Waals surface area contributed by atoms with Gasteiger partial charge in [0.05, 0.1) is 18.0 Å². The van der Waals surface area contributed by atoms with Gasteiger partial charge in [-0.15, -0.1) is 0 Å². The number of aromatic nitrogens is 2. The first kappa shape index (κ1) is 27.4. The molecule has 0 saturated carbocycles. The zero-order valence-corrected chi connectivity index (χ0v) is 23.1. The van der Waals surface area contributed by atoms with Crippen LogP contribution in [0, 0.1) is 0 Å². The van der Waals surface area contributed by atoms with Gasteiger partial charge < -0.3 is 24.8 Å². The number of hydrogen-bond donors (Lipinski definition) is 2. The highest BCUT2D eigenvalue weighted by molar-refractivity contribution is 7.70. The molecule has 3 heterocycles. The van der Waals surface area contributed by atoms with Gasteiger partial charge in [0.1, 0.15) is 24.3 Å². The number of para-hydroxylation sites is 1. The van der Waals surface area contributed by atoms with Gasteiger partial charge in [0.2, 0.25) is 5.95 Å². The van der Waals surface area contributed by atoms with Crippen LogP contribution < -0.4 is 20.7 Å². The average Bonchev–Trinajstić information content (AvgIpc) is 3.37. The molecule has 0 radical (unpaired) electrons. The Hall–Kier alpha value is -3.14. The minimum absolute atomic E-state index is 0.0105. The van der Waals surface area contributed by atoms with Crippen LogP contribution in [0.15, 0.2) is 42.6 Å². The van der Waals surface area contributed by atoms with E-state index in [1.807, 2.05) is 12.1 Å². The summed E-state index contributed by atoms with van der Waals surface area (Å²) in [5.41, 5.74) is 2.17. The summed E-state index contributed by atoms with van der Waals surface area (Å²) in [5, 5.41) is 6.27. The number of nitrogens with one attached hydrogen (secondary N) is 2. The van der Waals surface area contributed by atoms with Crippen LogP contribution in [-0.2, 0) is 23.7 Å². The van der Waals surface area contributed by atoms with Crippen LogP contribution in [0.1, 0.15) is 16.7 Å². The molecule has 0 aliphatic carbocycles. The first-order valence-corrected chi connectivity index (χ1v) is 15.4. The summed E-state index contributed by atoms with van der Waals surface area (Å²) in [7, 11) is -0.648. The summed E-state index contributed by atoms with van der Waals surface area (Å²) in [6, 6.07) is 10.5. The number of halogens is 3. The lowest BCUT2D eigenvalue weighted by Crippen LogP contribution is -2.43. The van der Waals surface area contributed by atoms with Crippen molar-refractivity contribution in [2.24, 2.45) is 0 Å². The Morgan fingerprint density at radius 3 is 2.49 bits per heavy atom. The maximum Gasteiger partial charge on any atom is 0.421 e. The SMILES string of the molecule is CN1CCN(Cc2ccc(Nc3ncc(C(F)(F)F)c(Nc4ccccc4P(C)(C)=O)n3)c3c2CCO3)CC1. The quantitative estimate of drug-likeness (QED) is 0.395. The Morgan fingerprint density at radius 2 is 1.77 bits per heavy atom. The molecule has 1 saturated heterocycles. The predicted octanol–water partition coefficient (Wildman–Crippen LogP) is 4.91. The number of piperazine rings is 1. The van der Waals surface area contributed by atoms with E-state index in [9.17, 15) is 17.7 Å². The lowest BCUT2D eigenvalue weighted by Gasteiger charge is -2.32. The second-order valence-corrected chi connectivity index (χ2v) is 13.5. The third-order valence-corrected chi connectivity index (χ3v) is 8.57. The third-order valence-electron chi connectivity index (χ3n) is 7.02. The molecule has 0 spiro atoms. The van der Waals surface area contributed by atoms with Gasteiger partial charge in [-0.05, 0) is 44.1 Å². The monoisotopic (exact) mass is 560 g/mol. The van der Waals surface area contributed by atoms with Crippen molar-refractivity contribution >= 4 is 35.6 Å². The van der Waals surface area contributed by atoms with Crippen LogP contribution in [0.4, 0.5) is 36.3 Å². The van der Waals surface area contributed by atoms with Crippen molar-refractivity contribution in [2.75, 3.05) is 63.8 Å². The molecule has 0 amide bonds. The molecular weight excluding hydrogens is 528 g/mol. The van der Waals surface area contributed by atoms with E-state index in [0.717, 1.165) is 50.9 Å². The highest BCUT2D eigenvalue weighted by Crippen LogP contribution is 2.41. The maximum atomic E-state index is 13.9. The van der Waals surface area contributed by atoms with Gasteiger partial charge in [0, 0.05) is 56.2 Å². The second-order valence-electron chi connectivity index (χ2n) is 10.3. The predicted molar refractivity (Wildman–Crippen MR) is 148 cm³/mol. The van der Waals surface area contributed by atoms with Crippen molar-refractivity contribution in [3.05, 3.63) is 59.3 Å². The number of fused-ring (bicyclic) bond motifs is 1. The fourth-order valence-corrected chi connectivity index (χ4v) is 6.05. The first-order valence-electron chi connectivity index (χ1n) is 12.8. The van der Waals surface area contributed by atoms with Crippen LogP contribution in [0.2, 0.25) is 0 Å². The van der Waals surface area contributed by atoms with Crippen LogP contribution in [0.25, 0.3) is 0 Å².